The van der Waals surface area contributed by atoms with E-state index in [1.807, 2.05) is 0 Å². The van der Waals surface area contributed by atoms with Gasteiger partial charge in [-0.3, -0.25) is 0 Å². The van der Waals surface area contributed by atoms with Crippen molar-refractivity contribution >= 4 is 29.2 Å². The van der Waals surface area contributed by atoms with Crippen molar-refractivity contribution in [2.75, 3.05) is 7.11 Å². The van der Waals surface area contributed by atoms with E-state index in [1.165, 1.54) is 19.2 Å². The molecule has 98 valence electrons. The number of ether oxygens (including phenoxy) is 1. The Morgan fingerprint density at radius 3 is 2.32 bits per heavy atom. The van der Waals surface area contributed by atoms with Crippen LogP contribution in [0, 0.1) is 5.82 Å². The molecule has 0 aliphatic rings. The fourth-order valence-corrected chi connectivity index (χ4v) is 1.96. The third-order valence-electron chi connectivity index (χ3n) is 2.65. The molecule has 0 N–H and O–H groups in total. The second kappa shape index (κ2) is 5.59. The van der Waals surface area contributed by atoms with Gasteiger partial charge < -0.3 is 4.74 Å². The van der Waals surface area contributed by atoms with E-state index in [-0.39, 0.29) is 10.0 Å². The largest absolute Gasteiger partial charge is 0.465 e. The van der Waals surface area contributed by atoms with Gasteiger partial charge in [-0.05, 0) is 29.8 Å². The van der Waals surface area contributed by atoms with Crippen molar-refractivity contribution in [3.05, 3.63) is 57.8 Å². The van der Waals surface area contributed by atoms with Crippen molar-refractivity contribution in [2.24, 2.45) is 0 Å². The first kappa shape index (κ1) is 13.8. The topological polar surface area (TPSA) is 26.3 Å². The Labute approximate surface area is 119 Å². The normalized spacial score (nSPS) is 10.3. The van der Waals surface area contributed by atoms with Gasteiger partial charge in [0.1, 0.15) is 0 Å². The summed E-state index contributed by atoms with van der Waals surface area (Å²) in [5.41, 5.74) is 1.32. The maximum atomic E-state index is 14.0. The van der Waals surface area contributed by atoms with Crippen LogP contribution >= 0.6 is 23.2 Å². The van der Waals surface area contributed by atoms with Crippen molar-refractivity contribution in [3.63, 3.8) is 0 Å². The predicted molar refractivity (Wildman–Crippen MR) is 73.2 cm³/mol. The summed E-state index contributed by atoms with van der Waals surface area (Å²) in [6.45, 7) is 0. The standard InChI is InChI=1S/C14H9Cl2FO2/c1-19-14(18)9-4-2-8(3-5-9)10-6-7-11(15)12(16)13(10)17/h2-7H,1H3. The lowest BCUT2D eigenvalue weighted by Crippen LogP contribution is -2.00. The van der Waals surface area contributed by atoms with Crippen molar-refractivity contribution < 1.29 is 13.9 Å². The van der Waals surface area contributed by atoms with E-state index in [1.54, 1.807) is 24.3 Å². The fraction of sp³-hybridized carbons (Fsp3) is 0.0714. The van der Waals surface area contributed by atoms with Gasteiger partial charge >= 0.3 is 5.97 Å². The van der Waals surface area contributed by atoms with E-state index in [2.05, 4.69) is 4.74 Å². The SMILES string of the molecule is COC(=O)c1ccc(-c2ccc(Cl)c(Cl)c2F)cc1. The minimum atomic E-state index is -0.583. The van der Waals surface area contributed by atoms with Gasteiger partial charge in [0, 0.05) is 5.56 Å². The molecule has 0 atom stereocenters. The molecule has 0 bridgehead atoms. The Morgan fingerprint density at radius 2 is 1.74 bits per heavy atom. The smallest absolute Gasteiger partial charge is 0.337 e. The highest BCUT2D eigenvalue weighted by Crippen LogP contribution is 2.32. The highest BCUT2D eigenvalue weighted by molar-refractivity contribution is 6.42. The van der Waals surface area contributed by atoms with E-state index >= 15 is 0 Å². The molecule has 0 aliphatic heterocycles. The van der Waals surface area contributed by atoms with Crippen molar-refractivity contribution in [1.29, 1.82) is 0 Å². The lowest BCUT2D eigenvalue weighted by Gasteiger charge is -2.07. The zero-order valence-corrected chi connectivity index (χ0v) is 11.4. The maximum Gasteiger partial charge on any atom is 0.337 e. The maximum absolute atomic E-state index is 14.0. The number of methoxy groups -OCH3 is 1. The Morgan fingerprint density at radius 1 is 1.11 bits per heavy atom. The highest BCUT2D eigenvalue weighted by Gasteiger charge is 2.13. The fourth-order valence-electron chi connectivity index (χ4n) is 1.65. The van der Waals surface area contributed by atoms with Crippen LogP contribution < -0.4 is 0 Å². The third kappa shape index (κ3) is 2.72. The lowest BCUT2D eigenvalue weighted by atomic mass is 10.0. The summed E-state index contributed by atoms with van der Waals surface area (Å²) in [5, 5.41) is 0.0466. The van der Waals surface area contributed by atoms with Crippen LogP contribution in [0.5, 0.6) is 0 Å². The number of benzene rings is 2. The summed E-state index contributed by atoms with van der Waals surface area (Å²) < 4.78 is 18.6. The average Bonchev–Trinajstić information content (AvgIpc) is 2.44. The Hall–Kier alpha value is -1.58. The molecule has 0 radical (unpaired) electrons. The van der Waals surface area contributed by atoms with Crippen molar-refractivity contribution in [1.82, 2.24) is 0 Å². The van der Waals surface area contributed by atoms with Crippen LogP contribution in [-0.2, 0) is 4.74 Å². The van der Waals surface area contributed by atoms with Crippen LogP contribution in [0.15, 0.2) is 36.4 Å². The van der Waals surface area contributed by atoms with Gasteiger partial charge in [-0.15, -0.1) is 0 Å². The van der Waals surface area contributed by atoms with Crippen molar-refractivity contribution in [2.45, 2.75) is 0 Å². The summed E-state index contributed by atoms with van der Waals surface area (Å²) in [6.07, 6.45) is 0. The minimum Gasteiger partial charge on any atom is -0.465 e. The zero-order valence-electron chi connectivity index (χ0n) is 9.91. The molecule has 0 amide bonds. The van der Waals surface area contributed by atoms with E-state index in [0.29, 0.717) is 16.7 Å². The van der Waals surface area contributed by atoms with E-state index < -0.39 is 11.8 Å². The number of esters is 1. The second-order valence-corrected chi connectivity index (χ2v) is 4.58. The molecular formula is C14H9Cl2FO2. The van der Waals surface area contributed by atoms with Crippen molar-refractivity contribution in [3.8, 4) is 11.1 Å². The number of carbonyl (C=O) groups excluding carboxylic acids is 1. The first-order valence-corrected chi connectivity index (χ1v) is 6.12. The third-order valence-corrected chi connectivity index (χ3v) is 3.43. The van der Waals surface area contributed by atoms with Gasteiger partial charge in [0.15, 0.2) is 5.82 Å². The molecule has 2 rings (SSSR count). The second-order valence-electron chi connectivity index (χ2n) is 3.79. The summed E-state index contributed by atoms with van der Waals surface area (Å²) in [5.74, 6) is -1.03. The van der Waals surface area contributed by atoms with E-state index in [9.17, 15) is 9.18 Å². The van der Waals surface area contributed by atoms with Crippen LogP contribution in [0.2, 0.25) is 10.0 Å². The van der Waals surface area contributed by atoms with Gasteiger partial charge in [0.25, 0.3) is 0 Å². The molecule has 0 unspecified atom stereocenters. The van der Waals surface area contributed by atoms with Gasteiger partial charge in [0.05, 0.1) is 22.7 Å². The van der Waals surface area contributed by atoms with Gasteiger partial charge in [-0.1, -0.05) is 35.3 Å². The number of rotatable bonds is 2. The summed E-state index contributed by atoms with van der Waals surface area (Å²) in [4.78, 5) is 11.3. The molecule has 0 spiro atoms. The molecule has 0 saturated heterocycles. The zero-order chi connectivity index (χ0) is 14.0. The molecular weight excluding hydrogens is 290 g/mol. The minimum absolute atomic E-state index is 0.115. The number of hydrogen-bond acceptors (Lipinski definition) is 2. The van der Waals surface area contributed by atoms with Gasteiger partial charge in [0.2, 0.25) is 0 Å². The molecule has 5 heteroatoms. The van der Waals surface area contributed by atoms with E-state index in [0.717, 1.165) is 0 Å². The highest BCUT2D eigenvalue weighted by atomic mass is 35.5. The van der Waals surface area contributed by atoms with Gasteiger partial charge in [-0.2, -0.15) is 0 Å². The monoisotopic (exact) mass is 298 g/mol. The van der Waals surface area contributed by atoms with Crippen LogP contribution in [-0.4, -0.2) is 13.1 Å². The average molecular weight is 299 g/mol. The molecule has 0 aliphatic carbocycles. The molecule has 19 heavy (non-hydrogen) atoms. The van der Waals surface area contributed by atoms with Crippen LogP contribution in [0.3, 0.4) is 0 Å². The molecule has 0 fully saturated rings. The summed E-state index contributed by atoms with van der Waals surface area (Å²) in [7, 11) is 1.30. The first-order valence-electron chi connectivity index (χ1n) is 5.37. The molecule has 0 saturated carbocycles. The Bertz CT molecular complexity index is 624. The molecule has 2 aromatic rings. The van der Waals surface area contributed by atoms with Crippen LogP contribution in [0.25, 0.3) is 11.1 Å². The molecule has 2 nitrogen and oxygen atoms in total. The van der Waals surface area contributed by atoms with Crippen LogP contribution in [0.4, 0.5) is 4.39 Å². The Kier molecular flexibility index (Phi) is 4.08. The quantitative estimate of drug-likeness (QED) is 0.599. The van der Waals surface area contributed by atoms with E-state index in [4.69, 9.17) is 23.2 Å². The van der Waals surface area contributed by atoms with Crippen LogP contribution in [0.1, 0.15) is 10.4 Å². The number of halogens is 3. The number of carbonyl (C=O) groups is 1. The first-order chi connectivity index (χ1) is 9.04. The summed E-state index contributed by atoms with van der Waals surface area (Å²) in [6, 6.07) is 9.42. The summed E-state index contributed by atoms with van der Waals surface area (Å²) >= 11 is 11.5. The van der Waals surface area contributed by atoms with Gasteiger partial charge in [-0.25, -0.2) is 9.18 Å². The lowest BCUT2D eigenvalue weighted by molar-refractivity contribution is 0.0601. The molecule has 0 heterocycles. The molecule has 0 aromatic heterocycles. The number of hydrogen-bond donors (Lipinski definition) is 0. The Balaban J connectivity index is 2.43. The predicted octanol–water partition coefficient (Wildman–Crippen LogP) is 4.59. The molecule has 2 aromatic carbocycles.